The molecule has 0 aromatic carbocycles. The number of halogens is 20. The van der Waals surface area contributed by atoms with E-state index < -0.39 is 123 Å². The molecule has 79 heavy (non-hydrogen) atoms. The zero-order valence-corrected chi connectivity index (χ0v) is 48.9. The van der Waals surface area contributed by atoms with E-state index in [-0.39, 0.29) is 141 Å². The van der Waals surface area contributed by atoms with E-state index in [2.05, 4.69) is 36.6 Å². The first-order valence-corrected chi connectivity index (χ1v) is 31.0. The predicted octanol–water partition coefficient (Wildman–Crippen LogP) is 17.6. The van der Waals surface area contributed by atoms with Gasteiger partial charge < -0.3 is 33.2 Å². The minimum absolute atomic E-state index is 0.00771. The second-order valence-electron chi connectivity index (χ2n) is 23.2. The summed E-state index contributed by atoms with van der Waals surface area (Å²) in [6, 6.07) is 0. The van der Waals surface area contributed by atoms with Gasteiger partial charge in [-0.3, -0.25) is 0 Å². The molecule has 0 amide bonds. The standard InChI is InChI=1S/C52H71Br2Cl3F15O7/c53-20-23-73-36-11-17-43(27-36,31-5-8-33(9-6-31)78-52(71,72)51(68,69)70)46(16-3-4-35(29-46)74-24-21-55)47(19-13-38(75-25-22-56)39(30-47)79-49(64,65)41(57)59)45(14-1-2-15-45)44(18-12-37(28-44)77-48(62,63)40(54)58)32-7-10-34(26-32)76-50(66,67)42(60)61/h31,33-42H,1-30H2. The van der Waals surface area contributed by atoms with Gasteiger partial charge in [0, 0.05) is 17.1 Å². The van der Waals surface area contributed by atoms with E-state index >= 15 is 22.0 Å². The Morgan fingerprint density at radius 3 is 1.73 bits per heavy atom. The molecule has 461 valence electrons. The van der Waals surface area contributed by atoms with Crippen LogP contribution in [0.5, 0.6) is 0 Å². The first-order valence-electron chi connectivity index (χ1n) is 27.5. The second-order valence-corrected chi connectivity index (χ2v) is 25.9. The van der Waals surface area contributed by atoms with Crippen LogP contribution < -0.4 is 0 Å². The largest absolute Gasteiger partial charge is 0.482 e. The van der Waals surface area contributed by atoms with Crippen molar-refractivity contribution in [2.75, 3.05) is 36.9 Å². The number of rotatable bonds is 26. The van der Waals surface area contributed by atoms with Crippen LogP contribution in [-0.2, 0) is 33.2 Å². The van der Waals surface area contributed by atoms with Crippen LogP contribution in [-0.4, -0.2) is 127 Å². The van der Waals surface area contributed by atoms with Crippen molar-refractivity contribution < 1.29 is 99.0 Å². The van der Waals surface area contributed by atoms with E-state index in [4.69, 9.17) is 63.2 Å². The molecule has 27 heteroatoms. The highest BCUT2D eigenvalue weighted by molar-refractivity contribution is 9.09. The quantitative estimate of drug-likeness (QED) is 0.0631. The molecule has 7 aliphatic carbocycles. The summed E-state index contributed by atoms with van der Waals surface area (Å²) in [4.78, 5) is 0. The number of alkyl halides is 20. The Morgan fingerprint density at radius 2 is 1.13 bits per heavy atom. The number of ether oxygens (including phenoxy) is 7. The summed E-state index contributed by atoms with van der Waals surface area (Å²) in [6.45, 7) is 0.122. The van der Waals surface area contributed by atoms with Gasteiger partial charge in [0.1, 0.15) is 0 Å². The van der Waals surface area contributed by atoms with Crippen LogP contribution in [0.15, 0.2) is 0 Å². The van der Waals surface area contributed by atoms with Gasteiger partial charge in [-0.25, -0.2) is 17.6 Å². The highest BCUT2D eigenvalue weighted by atomic mass is 79.9. The lowest BCUT2D eigenvalue weighted by Gasteiger charge is -2.75. The summed E-state index contributed by atoms with van der Waals surface area (Å²) in [7, 11) is 0. The van der Waals surface area contributed by atoms with Gasteiger partial charge in [0.05, 0.1) is 62.5 Å². The third-order valence-electron chi connectivity index (χ3n) is 19.7. The molecular formula is C52H71Br2Cl3F15O7. The lowest BCUT2D eigenvalue weighted by atomic mass is 9.30. The smallest absolute Gasteiger partial charge is 0.377 e. The normalized spacial score (nSPS) is 37.3. The van der Waals surface area contributed by atoms with Crippen LogP contribution in [0.4, 0.5) is 65.9 Å². The van der Waals surface area contributed by atoms with Crippen LogP contribution in [0.25, 0.3) is 0 Å². The van der Waals surface area contributed by atoms with Crippen LogP contribution in [0.3, 0.4) is 0 Å². The molecule has 0 bridgehead atoms. The second kappa shape index (κ2) is 26.5. The average molecular weight is 1360 g/mol. The molecule has 0 aromatic rings. The van der Waals surface area contributed by atoms with Crippen molar-refractivity contribution in [3.63, 3.8) is 0 Å². The van der Waals surface area contributed by atoms with Gasteiger partial charge in [0.25, 0.3) is 5.63 Å². The molecule has 0 aliphatic heterocycles. The Bertz CT molecular complexity index is 1950. The molecule has 7 fully saturated rings. The Morgan fingerprint density at radius 1 is 0.519 bits per heavy atom. The van der Waals surface area contributed by atoms with E-state index in [1.54, 1.807) is 0 Å². The van der Waals surface area contributed by atoms with Gasteiger partial charge in [-0.1, -0.05) is 46.8 Å². The monoisotopic (exact) mass is 1360 g/mol. The SMILES string of the molecule is FC(F)C(F)(F)OC1CC[C](C2(C3(C4(C5(C6(C7CCC(OC(F)(F)C(F)(F)F)CC7)CCC(OCCBr)C6)CCCC(OCCCl)C5)CCC(OCCCl)C(OC(F)(F)C(F)Cl)C4)CCCC3)CCC(OC(F)(F)C(F)Br)C2)C1. The van der Waals surface area contributed by atoms with Crippen LogP contribution >= 0.6 is 66.7 Å². The van der Waals surface area contributed by atoms with Crippen LogP contribution in [0.1, 0.15) is 154 Å². The highest BCUT2D eigenvalue weighted by Gasteiger charge is 2.78. The fourth-order valence-corrected chi connectivity index (χ4v) is 17.8. The van der Waals surface area contributed by atoms with E-state index in [0.29, 0.717) is 56.2 Å². The molecule has 12 atom stereocenters. The maximum atomic E-state index is 16.2. The molecule has 0 N–H and O–H groups in total. The summed E-state index contributed by atoms with van der Waals surface area (Å²) in [6.07, 6.45) is -36.1. The molecular weight excluding hydrogens is 1290 g/mol. The molecule has 7 nitrogen and oxygen atoms in total. The lowest BCUT2D eigenvalue weighted by molar-refractivity contribution is -0.404. The van der Waals surface area contributed by atoms with Crippen molar-refractivity contribution in [2.45, 2.75) is 245 Å². The van der Waals surface area contributed by atoms with E-state index in [1.165, 1.54) is 0 Å². The van der Waals surface area contributed by atoms with Crippen molar-refractivity contribution in [3.8, 4) is 0 Å². The summed E-state index contributed by atoms with van der Waals surface area (Å²) in [5, 5.41) is -2.56. The Labute approximate surface area is 483 Å². The van der Waals surface area contributed by atoms with E-state index in [0.717, 1.165) is 0 Å². The molecule has 12 unspecified atom stereocenters. The van der Waals surface area contributed by atoms with Gasteiger partial charge in [-0.15, -0.1) is 23.2 Å². The molecule has 0 spiro atoms. The third-order valence-corrected chi connectivity index (χ3v) is 21.1. The van der Waals surface area contributed by atoms with Crippen molar-refractivity contribution in [1.82, 2.24) is 0 Å². The van der Waals surface area contributed by atoms with Crippen LogP contribution in [0.2, 0.25) is 0 Å². The third kappa shape index (κ3) is 13.5. The summed E-state index contributed by atoms with van der Waals surface area (Å²) in [5.41, 5.74) is -9.80. The van der Waals surface area contributed by atoms with Crippen molar-refractivity contribution >= 4 is 66.7 Å². The van der Waals surface area contributed by atoms with Crippen molar-refractivity contribution in [1.29, 1.82) is 0 Å². The first-order chi connectivity index (χ1) is 37.0. The Balaban J connectivity index is 1.53. The van der Waals surface area contributed by atoms with Gasteiger partial charge in [-0.05, 0) is 190 Å². The minimum atomic E-state index is -6.01. The van der Waals surface area contributed by atoms with Gasteiger partial charge in [0.15, 0.2) is 0 Å². The topological polar surface area (TPSA) is 64.6 Å². The van der Waals surface area contributed by atoms with E-state index in [1.807, 2.05) is 0 Å². The molecule has 7 saturated carbocycles. The maximum Gasteiger partial charge on any atom is 0.482 e. The predicted molar refractivity (Wildman–Crippen MR) is 270 cm³/mol. The van der Waals surface area contributed by atoms with Gasteiger partial charge >= 0.3 is 37.0 Å². The van der Waals surface area contributed by atoms with Gasteiger partial charge in [0.2, 0.25) is 5.08 Å². The number of hydrogen-bond donors (Lipinski definition) is 0. The van der Waals surface area contributed by atoms with Crippen molar-refractivity contribution in [3.05, 3.63) is 5.92 Å². The molecule has 7 rings (SSSR count). The zero-order chi connectivity index (χ0) is 58.1. The van der Waals surface area contributed by atoms with Crippen molar-refractivity contribution in [2.24, 2.45) is 33.0 Å². The minimum Gasteiger partial charge on any atom is -0.377 e. The summed E-state index contributed by atoms with van der Waals surface area (Å²) >= 11 is 23.7. The fourth-order valence-electron chi connectivity index (χ4n) is 17.3. The molecule has 0 heterocycles. The Hall–Kier alpha value is 0.500. The lowest BCUT2D eigenvalue weighted by Crippen LogP contribution is -2.70. The molecule has 7 aliphatic rings. The summed E-state index contributed by atoms with van der Waals surface area (Å²) in [5.74, 6) is -0.0553. The van der Waals surface area contributed by atoms with E-state index in [9.17, 15) is 43.9 Å². The summed E-state index contributed by atoms with van der Waals surface area (Å²) < 4.78 is 261. The fraction of sp³-hybridized carbons (Fsp3) is 0.981. The highest BCUT2D eigenvalue weighted by Crippen LogP contribution is 2.84. The van der Waals surface area contributed by atoms with Crippen LogP contribution in [0, 0.1) is 38.9 Å². The number of hydrogen-bond acceptors (Lipinski definition) is 7. The zero-order valence-electron chi connectivity index (χ0n) is 43.5. The maximum absolute atomic E-state index is 16.2. The average Bonchev–Trinajstić information content (AvgIpc) is 4.41. The molecule has 0 saturated heterocycles. The van der Waals surface area contributed by atoms with Gasteiger partial charge in [-0.2, -0.15) is 48.3 Å². The molecule has 1 radical (unpaired) electrons. The first kappa shape index (κ1) is 67.0. The molecule has 0 aromatic heterocycles. The Kier molecular flexibility index (Phi) is 22.4.